The molecule has 1 unspecified atom stereocenters. The van der Waals surface area contributed by atoms with Crippen molar-refractivity contribution in [1.29, 1.82) is 0 Å². The number of benzene rings is 2. The molecule has 0 saturated heterocycles. The fraction of sp³-hybridized carbons (Fsp3) is 0.200. The first-order valence-corrected chi connectivity index (χ1v) is 10.5. The van der Waals surface area contributed by atoms with Gasteiger partial charge in [0.2, 0.25) is 0 Å². The molecular formula is C25H24FN5O2. The molecule has 0 bridgehead atoms. The summed E-state index contributed by atoms with van der Waals surface area (Å²) < 4.78 is 15.5. The first-order valence-electron chi connectivity index (χ1n) is 10.5. The number of para-hydroxylation sites is 2. The summed E-state index contributed by atoms with van der Waals surface area (Å²) in [6, 6.07) is 16.5. The first kappa shape index (κ1) is 22.1. The topological polar surface area (TPSA) is 80.1 Å². The molecule has 0 fully saturated rings. The Bertz CT molecular complexity index is 1310. The Hall–Kier alpha value is -4.07. The number of fused-ring (bicyclic) bond motifs is 1. The molecule has 2 aromatic heterocycles. The van der Waals surface area contributed by atoms with Gasteiger partial charge in [0.25, 0.3) is 11.8 Å². The van der Waals surface area contributed by atoms with Crippen molar-refractivity contribution in [2.45, 2.75) is 19.5 Å². The number of aryl methyl sites for hydroxylation is 1. The van der Waals surface area contributed by atoms with Crippen molar-refractivity contribution in [1.82, 2.24) is 24.8 Å². The number of rotatable bonds is 6. The van der Waals surface area contributed by atoms with Gasteiger partial charge in [-0.25, -0.2) is 14.4 Å². The van der Waals surface area contributed by atoms with Gasteiger partial charge >= 0.3 is 0 Å². The van der Waals surface area contributed by atoms with E-state index in [9.17, 15) is 14.0 Å². The number of pyridine rings is 1. The molecule has 7 nitrogen and oxygen atoms in total. The molecule has 2 heterocycles. The highest BCUT2D eigenvalue weighted by atomic mass is 19.1. The molecule has 8 heteroatoms. The van der Waals surface area contributed by atoms with E-state index >= 15 is 0 Å². The summed E-state index contributed by atoms with van der Waals surface area (Å²) in [5.74, 6) is -0.915. The third-order valence-corrected chi connectivity index (χ3v) is 5.44. The van der Waals surface area contributed by atoms with E-state index in [-0.39, 0.29) is 23.3 Å². The third kappa shape index (κ3) is 4.74. The summed E-state index contributed by atoms with van der Waals surface area (Å²) in [6.45, 7) is 2.10. The highest BCUT2D eigenvalue weighted by molar-refractivity contribution is 5.97. The predicted octanol–water partition coefficient (Wildman–Crippen LogP) is 3.75. The number of carbonyl (C=O) groups excluding carboxylic acids is 2. The van der Waals surface area contributed by atoms with Gasteiger partial charge in [0, 0.05) is 20.6 Å². The number of hydrogen-bond acceptors (Lipinski definition) is 4. The molecular weight excluding hydrogens is 421 g/mol. The standard InChI is InChI=1S/C25H24FN5O2/c1-16-19(12-13-21(28-16)25(33)30(2)3)24(32)29-22(17-8-10-18(26)11-9-17)14-31-15-27-20-6-4-5-7-23(20)31/h4-13,15,22H,14H2,1-3H3,(H,29,32). The number of aromatic nitrogens is 3. The Labute approximate surface area is 190 Å². The molecule has 0 aliphatic carbocycles. The molecule has 33 heavy (non-hydrogen) atoms. The second kappa shape index (κ2) is 9.20. The molecule has 1 atom stereocenters. The second-order valence-electron chi connectivity index (χ2n) is 7.99. The van der Waals surface area contributed by atoms with Gasteiger partial charge in [0.05, 0.1) is 34.7 Å². The Morgan fingerprint density at radius 3 is 2.48 bits per heavy atom. The average molecular weight is 445 g/mol. The maximum absolute atomic E-state index is 13.5. The third-order valence-electron chi connectivity index (χ3n) is 5.44. The number of halogens is 1. The molecule has 168 valence electrons. The number of imidazole rings is 1. The van der Waals surface area contributed by atoms with Crippen LogP contribution in [0.5, 0.6) is 0 Å². The van der Waals surface area contributed by atoms with Crippen molar-refractivity contribution in [3.63, 3.8) is 0 Å². The van der Waals surface area contributed by atoms with Crippen molar-refractivity contribution in [2.24, 2.45) is 0 Å². The Morgan fingerprint density at radius 2 is 1.79 bits per heavy atom. The predicted molar refractivity (Wildman–Crippen MR) is 123 cm³/mol. The van der Waals surface area contributed by atoms with Gasteiger partial charge in [0.1, 0.15) is 11.5 Å². The Balaban J connectivity index is 1.63. The molecule has 0 aliphatic heterocycles. The number of carbonyl (C=O) groups is 2. The number of hydrogen-bond donors (Lipinski definition) is 1. The monoisotopic (exact) mass is 445 g/mol. The summed E-state index contributed by atoms with van der Waals surface area (Å²) in [4.78, 5) is 35.5. The van der Waals surface area contributed by atoms with Crippen LogP contribution in [0.25, 0.3) is 11.0 Å². The van der Waals surface area contributed by atoms with E-state index in [1.807, 2.05) is 28.8 Å². The summed E-state index contributed by atoms with van der Waals surface area (Å²) in [5, 5.41) is 3.04. The van der Waals surface area contributed by atoms with Crippen LogP contribution in [0.3, 0.4) is 0 Å². The quantitative estimate of drug-likeness (QED) is 0.490. The maximum Gasteiger partial charge on any atom is 0.271 e. The van der Waals surface area contributed by atoms with Crippen LogP contribution in [0.2, 0.25) is 0 Å². The first-order chi connectivity index (χ1) is 15.8. The fourth-order valence-corrected chi connectivity index (χ4v) is 3.67. The van der Waals surface area contributed by atoms with Crippen molar-refractivity contribution in [3.05, 3.63) is 95.3 Å². The van der Waals surface area contributed by atoms with Crippen LogP contribution >= 0.6 is 0 Å². The summed E-state index contributed by atoms with van der Waals surface area (Å²) in [7, 11) is 3.29. The molecule has 0 saturated carbocycles. The molecule has 0 aliphatic rings. The average Bonchev–Trinajstić information content (AvgIpc) is 3.21. The molecule has 4 aromatic rings. The SMILES string of the molecule is Cc1nc(C(=O)N(C)C)ccc1C(=O)NC(Cn1cnc2ccccc21)c1ccc(F)cc1. The summed E-state index contributed by atoms with van der Waals surface area (Å²) in [6.07, 6.45) is 1.72. The zero-order valence-corrected chi connectivity index (χ0v) is 18.6. The van der Waals surface area contributed by atoms with Crippen LogP contribution in [0.15, 0.2) is 67.0 Å². The lowest BCUT2D eigenvalue weighted by molar-refractivity contribution is 0.0820. The van der Waals surface area contributed by atoms with Gasteiger partial charge in [0.15, 0.2) is 0 Å². The number of amides is 2. The van der Waals surface area contributed by atoms with E-state index in [1.165, 1.54) is 17.0 Å². The van der Waals surface area contributed by atoms with Crippen LogP contribution in [-0.2, 0) is 6.54 Å². The number of nitrogens with one attached hydrogen (secondary N) is 1. The Kier molecular flexibility index (Phi) is 6.17. The summed E-state index contributed by atoms with van der Waals surface area (Å²) >= 11 is 0. The van der Waals surface area contributed by atoms with Crippen molar-refractivity contribution in [3.8, 4) is 0 Å². The van der Waals surface area contributed by atoms with Crippen LogP contribution in [0, 0.1) is 12.7 Å². The molecule has 1 N–H and O–H groups in total. The molecule has 0 radical (unpaired) electrons. The smallest absolute Gasteiger partial charge is 0.271 e. The second-order valence-corrected chi connectivity index (χ2v) is 7.99. The zero-order valence-electron chi connectivity index (χ0n) is 18.6. The minimum Gasteiger partial charge on any atom is -0.343 e. The molecule has 4 rings (SSSR count). The molecule has 0 spiro atoms. The Morgan fingerprint density at radius 1 is 1.06 bits per heavy atom. The van der Waals surface area contributed by atoms with E-state index in [1.54, 1.807) is 51.6 Å². The van der Waals surface area contributed by atoms with Gasteiger partial charge in [-0.15, -0.1) is 0 Å². The van der Waals surface area contributed by atoms with Crippen LogP contribution in [0.4, 0.5) is 4.39 Å². The fourth-order valence-electron chi connectivity index (χ4n) is 3.67. The summed E-state index contributed by atoms with van der Waals surface area (Å²) in [5.41, 5.74) is 3.63. The van der Waals surface area contributed by atoms with Crippen LogP contribution in [-0.4, -0.2) is 45.3 Å². The van der Waals surface area contributed by atoms with Crippen molar-refractivity contribution in [2.75, 3.05) is 14.1 Å². The van der Waals surface area contributed by atoms with Gasteiger partial charge < -0.3 is 14.8 Å². The lowest BCUT2D eigenvalue weighted by Crippen LogP contribution is -2.32. The molecule has 2 amide bonds. The highest BCUT2D eigenvalue weighted by Gasteiger charge is 2.20. The van der Waals surface area contributed by atoms with Gasteiger partial charge in [-0.1, -0.05) is 24.3 Å². The normalized spacial score (nSPS) is 11.9. The maximum atomic E-state index is 13.5. The lowest BCUT2D eigenvalue weighted by Gasteiger charge is -2.21. The van der Waals surface area contributed by atoms with E-state index < -0.39 is 6.04 Å². The van der Waals surface area contributed by atoms with Crippen molar-refractivity contribution >= 4 is 22.8 Å². The van der Waals surface area contributed by atoms with Gasteiger partial charge in [-0.2, -0.15) is 0 Å². The van der Waals surface area contributed by atoms with Gasteiger partial charge in [-0.3, -0.25) is 9.59 Å². The lowest BCUT2D eigenvalue weighted by atomic mass is 10.1. The number of nitrogens with zero attached hydrogens (tertiary/aromatic N) is 4. The van der Waals surface area contributed by atoms with E-state index in [2.05, 4.69) is 15.3 Å². The highest BCUT2D eigenvalue weighted by Crippen LogP contribution is 2.21. The minimum absolute atomic E-state index is 0.235. The van der Waals surface area contributed by atoms with Gasteiger partial charge in [-0.05, 0) is 48.9 Å². The largest absolute Gasteiger partial charge is 0.343 e. The minimum atomic E-state index is -0.446. The van der Waals surface area contributed by atoms with Crippen LogP contribution in [0.1, 0.15) is 38.1 Å². The van der Waals surface area contributed by atoms with E-state index in [0.717, 1.165) is 16.6 Å². The van der Waals surface area contributed by atoms with E-state index in [4.69, 9.17) is 0 Å². The zero-order chi connectivity index (χ0) is 23.5. The molecule has 2 aromatic carbocycles. The van der Waals surface area contributed by atoms with Crippen molar-refractivity contribution < 1.29 is 14.0 Å². The van der Waals surface area contributed by atoms with E-state index in [0.29, 0.717) is 17.8 Å². The van der Waals surface area contributed by atoms with Crippen LogP contribution < -0.4 is 5.32 Å².